The molecule has 0 spiro atoms. The number of pyridine rings is 1. The van der Waals surface area contributed by atoms with E-state index < -0.39 is 17.3 Å². The molecule has 0 unspecified atom stereocenters. The normalized spacial score (nSPS) is 12.2. The third kappa shape index (κ3) is 3.44. The Morgan fingerprint density at radius 1 is 1.44 bits per heavy atom. The minimum absolute atomic E-state index is 0.314. The van der Waals surface area contributed by atoms with E-state index in [1.807, 2.05) is 0 Å². The second kappa shape index (κ2) is 5.25. The minimum Gasteiger partial charge on any atom is -0.328 e. The fraction of sp³-hybridized carbons (Fsp3) is 0.300. The highest BCUT2D eigenvalue weighted by Gasteiger charge is 2.33. The number of hydrogen-bond acceptors (Lipinski definition) is 2. The standard InChI is InChI=1S/C10H10F3NOS/c11-10(12,13)8-5-7(3-1-2-4-16)6-14-9(8)15/h1,3,5-6,16H,2,4H2,(H,14,15). The van der Waals surface area contributed by atoms with Gasteiger partial charge in [0.15, 0.2) is 0 Å². The molecule has 16 heavy (non-hydrogen) atoms. The van der Waals surface area contributed by atoms with E-state index in [-0.39, 0.29) is 0 Å². The number of aromatic amines is 1. The molecule has 0 saturated carbocycles. The number of halogens is 3. The second-order valence-electron chi connectivity index (χ2n) is 3.09. The van der Waals surface area contributed by atoms with E-state index in [2.05, 4.69) is 17.6 Å². The van der Waals surface area contributed by atoms with Gasteiger partial charge in [-0.05, 0) is 23.8 Å². The first kappa shape index (κ1) is 12.9. The van der Waals surface area contributed by atoms with Crippen molar-refractivity contribution in [3.8, 4) is 0 Å². The number of thiol groups is 1. The van der Waals surface area contributed by atoms with Crippen LogP contribution in [0.4, 0.5) is 13.2 Å². The van der Waals surface area contributed by atoms with Crippen molar-refractivity contribution in [2.75, 3.05) is 5.75 Å². The summed E-state index contributed by atoms with van der Waals surface area (Å²) >= 11 is 3.96. The van der Waals surface area contributed by atoms with Gasteiger partial charge in [-0.2, -0.15) is 25.8 Å². The lowest BCUT2D eigenvalue weighted by molar-refractivity contribution is -0.138. The van der Waals surface area contributed by atoms with Crippen molar-refractivity contribution in [3.63, 3.8) is 0 Å². The van der Waals surface area contributed by atoms with Crippen molar-refractivity contribution >= 4 is 18.7 Å². The molecule has 88 valence electrons. The average molecular weight is 249 g/mol. The fourth-order valence-corrected chi connectivity index (χ4v) is 1.25. The van der Waals surface area contributed by atoms with E-state index in [1.165, 1.54) is 12.3 Å². The van der Waals surface area contributed by atoms with E-state index in [4.69, 9.17) is 0 Å². The monoisotopic (exact) mass is 249 g/mol. The predicted octanol–water partition coefficient (Wildman–Crippen LogP) is 2.73. The van der Waals surface area contributed by atoms with Gasteiger partial charge >= 0.3 is 6.18 Å². The Bertz CT molecular complexity index is 436. The Labute approximate surface area is 95.6 Å². The largest absolute Gasteiger partial charge is 0.421 e. The highest BCUT2D eigenvalue weighted by atomic mass is 32.1. The van der Waals surface area contributed by atoms with Gasteiger partial charge in [0.1, 0.15) is 5.56 Å². The minimum atomic E-state index is -4.62. The number of hydrogen-bond donors (Lipinski definition) is 2. The fourth-order valence-electron chi connectivity index (χ4n) is 1.10. The van der Waals surface area contributed by atoms with Crippen LogP contribution in [-0.4, -0.2) is 10.7 Å². The zero-order valence-corrected chi connectivity index (χ0v) is 9.11. The van der Waals surface area contributed by atoms with Crippen LogP contribution >= 0.6 is 12.6 Å². The van der Waals surface area contributed by atoms with Crippen molar-refractivity contribution in [1.29, 1.82) is 0 Å². The number of nitrogens with one attached hydrogen (secondary N) is 1. The van der Waals surface area contributed by atoms with Gasteiger partial charge in [-0.3, -0.25) is 4.79 Å². The zero-order valence-electron chi connectivity index (χ0n) is 8.21. The maximum Gasteiger partial charge on any atom is 0.421 e. The summed E-state index contributed by atoms with van der Waals surface area (Å²) < 4.78 is 37.1. The van der Waals surface area contributed by atoms with Crippen LogP contribution in [0.15, 0.2) is 23.1 Å². The smallest absolute Gasteiger partial charge is 0.328 e. The molecule has 1 N–H and O–H groups in total. The topological polar surface area (TPSA) is 32.9 Å². The third-order valence-corrected chi connectivity index (χ3v) is 2.10. The maximum absolute atomic E-state index is 12.4. The number of rotatable bonds is 3. The maximum atomic E-state index is 12.4. The van der Waals surface area contributed by atoms with Crippen LogP contribution in [0.1, 0.15) is 17.5 Å². The summed E-state index contributed by atoms with van der Waals surface area (Å²) in [5, 5.41) is 0. The van der Waals surface area contributed by atoms with E-state index in [1.54, 1.807) is 6.08 Å². The number of allylic oxidation sites excluding steroid dienone is 1. The number of aromatic nitrogens is 1. The molecule has 6 heteroatoms. The van der Waals surface area contributed by atoms with Crippen LogP contribution in [-0.2, 0) is 6.18 Å². The van der Waals surface area contributed by atoms with Crippen LogP contribution < -0.4 is 5.56 Å². The zero-order chi connectivity index (χ0) is 12.2. The van der Waals surface area contributed by atoms with E-state index in [9.17, 15) is 18.0 Å². The molecule has 0 saturated heterocycles. The van der Waals surface area contributed by atoms with Gasteiger partial charge in [-0.15, -0.1) is 0 Å². The molecular weight excluding hydrogens is 239 g/mol. The van der Waals surface area contributed by atoms with Crippen LogP contribution in [0, 0.1) is 0 Å². The predicted molar refractivity (Wildman–Crippen MR) is 59.6 cm³/mol. The Hall–Kier alpha value is -1.17. The SMILES string of the molecule is O=c1[nH]cc(C=CCCS)cc1C(F)(F)F. The molecule has 1 aromatic rings. The second-order valence-corrected chi connectivity index (χ2v) is 3.54. The Balaban J connectivity index is 3.04. The first-order valence-corrected chi connectivity index (χ1v) is 5.15. The lowest BCUT2D eigenvalue weighted by atomic mass is 10.2. The number of alkyl halides is 3. The summed E-state index contributed by atoms with van der Waals surface area (Å²) in [6.07, 6.45) is 0.485. The molecule has 0 radical (unpaired) electrons. The van der Waals surface area contributed by atoms with Gasteiger partial charge in [-0.1, -0.05) is 12.2 Å². The average Bonchev–Trinajstić information content (AvgIpc) is 2.19. The molecule has 1 aromatic heterocycles. The molecule has 2 nitrogen and oxygen atoms in total. The lowest BCUT2D eigenvalue weighted by Gasteiger charge is -2.05. The lowest BCUT2D eigenvalue weighted by Crippen LogP contribution is -2.21. The number of H-pyrrole nitrogens is 1. The van der Waals surface area contributed by atoms with E-state index in [0.717, 1.165) is 6.07 Å². The van der Waals surface area contributed by atoms with Gasteiger partial charge in [0.05, 0.1) is 0 Å². The highest BCUT2D eigenvalue weighted by molar-refractivity contribution is 7.80. The van der Waals surface area contributed by atoms with Crippen molar-refractivity contribution < 1.29 is 13.2 Å². The van der Waals surface area contributed by atoms with Gasteiger partial charge in [0.2, 0.25) is 0 Å². The molecule has 0 fully saturated rings. The van der Waals surface area contributed by atoms with Crippen molar-refractivity contribution in [1.82, 2.24) is 4.98 Å². The first-order valence-electron chi connectivity index (χ1n) is 4.52. The van der Waals surface area contributed by atoms with Gasteiger partial charge in [0, 0.05) is 6.20 Å². The summed E-state index contributed by atoms with van der Waals surface area (Å²) in [6.45, 7) is 0. The molecule has 0 aliphatic heterocycles. The van der Waals surface area contributed by atoms with Crippen LogP contribution in [0.25, 0.3) is 6.08 Å². The van der Waals surface area contributed by atoms with Crippen molar-refractivity contribution in [3.05, 3.63) is 39.8 Å². The van der Waals surface area contributed by atoms with Crippen molar-refractivity contribution in [2.45, 2.75) is 12.6 Å². The van der Waals surface area contributed by atoms with Gasteiger partial charge in [-0.25, -0.2) is 0 Å². The highest BCUT2D eigenvalue weighted by Crippen LogP contribution is 2.26. The molecule has 0 atom stereocenters. The third-order valence-electron chi connectivity index (χ3n) is 1.84. The molecule has 0 aromatic carbocycles. The summed E-state index contributed by atoms with van der Waals surface area (Å²) in [6, 6.07) is 0.827. The quantitative estimate of drug-likeness (QED) is 0.793. The van der Waals surface area contributed by atoms with E-state index >= 15 is 0 Å². The Morgan fingerprint density at radius 3 is 2.69 bits per heavy atom. The summed E-state index contributed by atoms with van der Waals surface area (Å²) in [7, 11) is 0. The molecule has 0 amide bonds. The van der Waals surface area contributed by atoms with Gasteiger partial charge < -0.3 is 4.98 Å². The van der Waals surface area contributed by atoms with Crippen LogP contribution in [0.3, 0.4) is 0 Å². The van der Waals surface area contributed by atoms with Gasteiger partial charge in [0.25, 0.3) is 5.56 Å². The Morgan fingerprint density at radius 2 is 2.12 bits per heavy atom. The van der Waals surface area contributed by atoms with Crippen molar-refractivity contribution in [2.24, 2.45) is 0 Å². The summed E-state index contributed by atoms with van der Waals surface area (Å²) in [5.74, 6) is 0.617. The Kier molecular flexibility index (Phi) is 4.23. The molecule has 0 aliphatic carbocycles. The van der Waals surface area contributed by atoms with Crippen LogP contribution in [0.5, 0.6) is 0 Å². The molecular formula is C10H10F3NOS. The summed E-state index contributed by atoms with van der Waals surface area (Å²) in [4.78, 5) is 13.0. The summed E-state index contributed by atoms with van der Waals surface area (Å²) in [5.41, 5.74) is -1.99. The van der Waals surface area contributed by atoms with E-state index in [0.29, 0.717) is 17.7 Å². The van der Waals surface area contributed by atoms with Crippen LogP contribution in [0.2, 0.25) is 0 Å². The first-order chi connectivity index (χ1) is 7.45. The molecule has 1 rings (SSSR count). The molecule has 1 heterocycles. The molecule has 0 bridgehead atoms. The molecule has 0 aliphatic rings.